The Morgan fingerprint density at radius 1 is 1.25 bits per heavy atom. The summed E-state index contributed by atoms with van der Waals surface area (Å²) in [5, 5.41) is 7.71. The monoisotopic (exact) mass is 349 g/mol. The third-order valence-electron chi connectivity index (χ3n) is 4.20. The average molecular weight is 349 g/mol. The molecule has 24 heavy (non-hydrogen) atoms. The van der Waals surface area contributed by atoms with Crippen LogP contribution in [0.2, 0.25) is 0 Å². The first-order valence-electron chi connectivity index (χ1n) is 7.78. The molecule has 8 heteroatoms. The van der Waals surface area contributed by atoms with Crippen LogP contribution in [0.4, 0.5) is 0 Å². The van der Waals surface area contributed by atoms with Crippen LogP contribution in [-0.2, 0) is 22.7 Å². The van der Waals surface area contributed by atoms with Gasteiger partial charge < -0.3 is 9.32 Å². The number of aromatic nitrogens is 2. The van der Waals surface area contributed by atoms with Crippen molar-refractivity contribution in [1.29, 1.82) is 0 Å². The fourth-order valence-corrected chi connectivity index (χ4v) is 4.51. The number of hydrogen-bond donors (Lipinski definition) is 0. The SMILES string of the molecule is CN(C(=O)c1nnc(CCc2ccccc2)o1)C1CCS(=O)(=O)C1. The van der Waals surface area contributed by atoms with Gasteiger partial charge in [0.2, 0.25) is 5.89 Å². The summed E-state index contributed by atoms with van der Waals surface area (Å²) in [7, 11) is -1.48. The molecule has 1 unspecified atom stereocenters. The molecule has 0 N–H and O–H groups in total. The van der Waals surface area contributed by atoms with Crippen LogP contribution in [0.15, 0.2) is 34.7 Å². The number of carbonyl (C=O) groups is 1. The van der Waals surface area contributed by atoms with Crippen LogP contribution in [0.3, 0.4) is 0 Å². The Morgan fingerprint density at radius 3 is 2.67 bits per heavy atom. The minimum Gasteiger partial charge on any atom is -0.417 e. The molecule has 0 radical (unpaired) electrons. The molecule has 1 aliphatic rings. The minimum absolute atomic E-state index is 0.00968. The summed E-state index contributed by atoms with van der Waals surface area (Å²) in [5.74, 6) is -0.0267. The van der Waals surface area contributed by atoms with Crippen molar-refractivity contribution in [1.82, 2.24) is 15.1 Å². The zero-order valence-corrected chi connectivity index (χ0v) is 14.2. The number of benzene rings is 1. The van der Waals surface area contributed by atoms with Crippen LogP contribution in [-0.4, -0.2) is 54.0 Å². The summed E-state index contributed by atoms with van der Waals surface area (Å²) in [6, 6.07) is 9.56. The Hall–Kier alpha value is -2.22. The van der Waals surface area contributed by atoms with Crippen molar-refractivity contribution in [2.75, 3.05) is 18.6 Å². The quantitative estimate of drug-likeness (QED) is 0.803. The van der Waals surface area contributed by atoms with E-state index >= 15 is 0 Å². The first kappa shape index (κ1) is 16.6. The van der Waals surface area contributed by atoms with Gasteiger partial charge in [0.05, 0.1) is 11.5 Å². The predicted molar refractivity (Wildman–Crippen MR) is 87.3 cm³/mol. The molecule has 1 atom stereocenters. The van der Waals surface area contributed by atoms with Crippen LogP contribution < -0.4 is 0 Å². The Kier molecular flexibility index (Phi) is 4.66. The number of aryl methyl sites for hydroxylation is 2. The summed E-state index contributed by atoms with van der Waals surface area (Å²) < 4.78 is 28.5. The number of nitrogens with zero attached hydrogens (tertiary/aromatic N) is 3. The van der Waals surface area contributed by atoms with E-state index in [4.69, 9.17) is 4.42 Å². The fourth-order valence-electron chi connectivity index (χ4n) is 2.73. The largest absolute Gasteiger partial charge is 0.417 e. The lowest BCUT2D eigenvalue weighted by Crippen LogP contribution is -2.38. The Labute approximate surface area is 140 Å². The van der Waals surface area contributed by atoms with Gasteiger partial charge in [-0.15, -0.1) is 10.2 Å². The summed E-state index contributed by atoms with van der Waals surface area (Å²) >= 11 is 0. The molecule has 0 bridgehead atoms. The normalized spacial score (nSPS) is 19.3. The number of rotatable bonds is 5. The van der Waals surface area contributed by atoms with Crippen LogP contribution >= 0.6 is 0 Å². The van der Waals surface area contributed by atoms with Crippen molar-refractivity contribution in [3.05, 3.63) is 47.7 Å². The zero-order chi connectivity index (χ0) is 17.2. The molecule has 0 saturated carbocycles. The molecule has 1 aromatic heterocycles. The Balaban J connectivity index is 1.61. The van der Waals surface area contributed by atoms with Crippen molar-refractivity contribution >= 4 is 15.7 Å². The first-order valence-corrected chi connectivity index (χ1v) is 9.60. The van der Waals surface area contributed by atoms with Gasteiger partial charge in [-0.3, -0.25) is 4.79 Å². The van der Waals surface area contributed by atoms with Gasteiger partial charge in [0.1, 0.15) is 0 Å². The van der Waals surface area contributed by atoms with Gasteiger partial charge in [-0.05, 0) is 18.4 Å². The number of carbonyl (C=O) groups excluding carboxylic acids is 1. The lowest BCUT2D eigenvalue weighted by atomic mass is 10.1. The van der Waals surface area contributed by atoms with Gasteiger partial charge in [-0.25, -0.2) is 8.42 Å². The molecule has 2 aromatic rings. The highest BCUT2D eigenvalue weighted by Crippen LogP contribution is 2.18. The van der Waals surface area contributed by atoms with Gasteiger partial charge in [-0.1, -0.05) is 30.3 Å². The van der Waals surface area contributed by atoms with Crippen LogP contribution in [0.5, 0.6) is 0 Å². The molecule has 128 valence electrons. The topological polar surface area (TPSA) is 93.4 Å². The molecule has 3 rings (SSSR count). The fraction of sp³-hybridized carbons (Fsp3) is 0.438. The maximum absolute atomic E-state index is 12.4. The summed E-state index contributed by atoms with van der Waals surface area (Å²) in [6.07, 6.45) is 1.73. The molecule has 1 fully saturated rings. The third kappa shape index (κ3) is 3.81. The molecule has 0 spiro atoms. The molecule has 7 nitrogen and oxygen atoms in total. The van der Waals surface area contributed by atoms with E-state index in [0.29, 0.717) is 18.7 Å². The van der Waals surface area contributed by atoms with Crippen LogP contribution in [0.25, 0.3) is 0 Å². The predicted octanol–water partition coefficient (Wildman–Crippen LogP) is 1.11. The van der Waals surface area contributed by atoms with Crippen LogP contribution in [0.1, 0.15) is 28.6 Å². The van der Waals surface area contributed by atoms with Gasteiger partial charge >= 0.3 is 11.8 Å². The molecule has 1 aliphatic heterocycles. The van der Waals surface area contributed by atoms with E-state index < -0.39 is 15.7 Å². The van der Waals surface area contributed by atoms with E-state index in [9.17, 15) is 13.2 Å². The lowest BCUT2D eigenvalue weighted by Gasteiger charge is -2.21. The first-order chi connectivity index (χ1) is 11.4. The summed E-state index contributed by atoms with van der Waals surface area (Å²) in [4.78, 5) is 13.8. The van der Waals surface area contributed by atoms with Crippen molar-refractivity contribution in [2.45, 2.75) is 25.3 Å². The zero-order valence-electron chi connectivity index (χ0n) is 13.4. The van der Waals surface area contributed by atoms with Crippen molar-refractivity contribution < 1.29 is 17.6 Å². The summed E-state index contributed by atoms with van der Waals surface area (Å²) in [5.41, 5.74) is 1.15. The maximum Gasteiger partial charge on any atom is 0.311 e. The van der Waals surface area contributed by atoms with Crippen LogP contribution in [0, 0.1) is 0 Å². The van der Waals surface area contributed by atoms with Gasteiger partial charge in [0.15, 0.2) is 9.84 Å². The molecule has 2 heterocycles. The van der Waals surface area contributed by atoms with Gasteiger partial charge in [0, 0.05) is 19.5 Å². The van der Waals surface area contributed by atoms with Crippen molar-refractivity contribution in [3.8, 4) is 0 Å². The highest BCUT2D eigenvalue weighted by molar-refractivity contribution is 7.91. The smallest absolute Gasteiger partial charge is 0.311 e. The molecule has 1 saturated heterocycles. The van der Waals surface area contributed by atoms with E-state index in [1.807, 2.05) is 30.3 Å². The van der Waals surface area contributed by atoms with E-state index in [1.165, 1.54) is 4.90 Å². The van der Waals surface area contributed by atoms with E-state index in [1.54, 1.807) is 7.05 Å². The van der Waals surface area contributed by atoms with Gasteiger partial charge in [-0.2, -0.15) is 0 Å². The van der Waals surface area contributed by atoms with Gasteiger partial charge in [0.25, 0.3) is 0 Å². The highest BCUT2D eigenvalue weighted by atomic mass is 32.2. The summed E-state index contributed by atoms with van der Waals surface area (Å²) in [6.45, 7) is 0. The third-order valence-corrected chi connectivity index (χ3v) is 5.95. The van der Waals surface area contributed by atoms with E-state index in [0.717, 1.165) is 12.0 Å². The standard InChI is InChI=1S/C16H19N3O4S/c1-19(13-9-10-24(21,22)11-13)16(20)15-18-17-14(23-15)8-7-12-5-3-2-4-6-12/h2-6,13H,7-11H2,1H3. The lowest BCUT2D eigenvalue weighted by molar-refractivity contribution is 0.0705. The molecular formula is C16H19N3O4S. The second-order valence-corrected chi connectivity index (χ2v) is 8.19. The van der Waals surface area contributed by atoms with Crippen molar-refractivity contribution in [2.24, 2.45) is 0 Å². The molecular weight excluding hydrogens is 330 g/mol. The Morgan fingerprint density at radius 2 is 2.00 bits per heavy atom. The minimum atomic E-state index is -3.05. The van der Waals surface area contributed by atoms with E-state index in [-0.39, 0.29) is 23.4 Å². The number of amides is 1. The molecule has 1 aromatic carbocycles. The van der Waals surface area contributed by atoms with Crippen molar-refractivity contribution in [3.63, 3.8) is 0 Å². The second kappa shape index (κ2) is 6.72. The molecule has 0 aliphatic carbocycles. The number of hydrogen-bond acceptors (Lipinski definition) is 6. The average Bonchev–Trinajstić information content (AvgIpc) is 3.19. The second-order valence-electron chi connectivity index (χ2n) is 5.96. The Bertz CT molecular complexity index is 817. The number of sulfone groups is 1. The highest BCUT2D eigenvalue weighted by Gasteiger charge is 2.34. The van der Waals surface area contributed by atoms with E-state index in [2.05, 4.69) is 10.2 Å². The molecule has 1 amide bonds. The maximum atomic E-state index is 12.4.